The molecule has 0 aliphatic carbocycles. The van der Waals surface area contributed by atoms with Crippen LogP contribution in [-0.2, 0) is 14.3 Å². The number of ether oxygens (including phenoxy) is 2. The number of amides is 1. The van der Waals surface area contributed by atoms with Gasteiger partial charge in [-0.25, -0.2) is 0 Å². The third-order valence-corrected chi connectivity index (χ3v) is 12.0. The summed E-state index contributed by atoms with van der Waals surface area (Å²) in [5.41, 5.74) is 0. The number of allylic oxidation sites excluding steroid dienone is 3. The summed E-state index contributed by atoms with van der Waals surface area (Å²) in [6.45, 7) is 3.77. The molecule has 1 amide bonds. The molecule has 0 aromatic heterocycles. The number of hydrogen-bond donors (Lipinski definition) is 6. The highest BCUT2D eigenvalue weighted by atomic mass is 16.7. The van der Waals surface area contributed by atoms with Crippen molar-refractivity contribution >= 4 is 5.91 Å². The van der Waals surface area contributed by atoms with Crippen LogP contribution >= 0.6 is 0 Å². The lowest BCUT2D eigenvalue weighted by molar-refractivity contribution is -0.302. The third-order valence-electron chi connectivity index (χ3n) is 12.0. The second-order valence-corrected chi connectivity index (χ2v) is 17.6. The predicted molar refractivity (Wildman–Crippen MR) is 244 cm³/mol. The molecule has 0 bridgehead atoms. The lowest BCUT2D eigenvalue weighted by atomic mass is 9.99. The summed E-state index contributed by atoms with van der Waals surface area (Å²) in [5.74, 6) is -0.177. The van der Waals surface area contributed by atoms with Crippen molar-refractivity contribution in [1.29, 1.82) is 0 Å². The summed E-state index contributed by atoms with van der Waals surface area (Å²) in [5, 5.41) is 54.2. The van der Waals surface area contributed by atoms with Crippen molar-refractivity contribution < 1.29 is 39.8 Å². The second-order valence-electron chi connectivity index (χ2n) is 17.6. The first-order valence-corrected chi connectivity index (χ1v) is 25.1. The van der Waals surface area contributed by atoms with Gasteiger partial charge >= 0.3 is 0 Å². The minimum absolute atomic E-state index is 0.177. The summed E-state index contributed by atoms with van der Waals surface area (Å²) >= 11 is 0. The Balaban J connectivity index is 2.21. The van der Waals surface area contributed by atoms with Crippen molar-refractivity contribution in [1.82, 2.24) is 5.32 Å². The van der Waals surface area contributed by atoms with Crippen molar-refractivity contribution in [3.05, 3.63) is 24.3 Å². The van der Waals surface area contributed by atoms with Crippen molar-refractivity contribution in [3.8, 4) is 0 Å². The van der Waals surface area contributed by atoms with Gasteiger partial charge in [-0.1, -0.05) is 205 Å². The average molecular weight is 838 g/mol. The van der Waals surface area contributed by atoms with E-state index in [4.69, 9.17) is 9.47 Å². The van der Waals surface area contributed by atoms with E-state index in [-0.39, 0.29) is 12.5 Å². The van der Waals surface area contributed by atoms with E-state index < -0.39 is 49.5 Å². The molecule has 6 N–H and O–H groups in total. The van der Waals surface area contributed by atoms with E-state index in [0.29, 0.717) is 6.42 Å². The van der Waals surface area contributed by atoms with Gasteiger partial charge in [0, 0.05) is 6.42 Å². The highest BCUT2D eigenvalue weighted by Crippen LogP contribution is 2.23. The van der Waals surface area contributed by atoms with E-state index in [1.54, 1.807) is 6.08 Å². The molecule has 1 aliphatic heterocycles. The number of nitrogens with one attached hydrogen (secondary N) is 1. The Bertz CT molecular complexity index is 977. The van der Waals surface area contributed by atoms with Crippen LogP contribution in [0.2, 0.25) is 0 Å². The van der Waals surface area contributed by atoms with E-state index in [0.717, 1.165) is 38.5 Å². The fraction of sp³-hybridized carbons (Fsp3) is 0.900. The number of aliphatic hydroxyl groups excluding tert-OH is 5. The summed E-state index contributed by atoms with van der Waals surface area (Å²) in [6.07, 6.45) is 42.4. The highest BCUT2D eigenvalue weighted by Gasteiger charge is 2.44. The molecule has 1 rings (SSSR count). The number of carbonyl (C=O) groups is 1. The Morgan fingerprint density at radius 1 is 0.559 bits per heavy atom. The Hall–Kier alpha value is -1.33. The molecule has 0 spiro atoms. The van der Waals surface area contributed by atoms with Crippen LogP contribution in [0.4, 0.5) is 0 Å². The molecule has 9 heteroatoms. The topological polar surface area (TPSA) is 149 Å². The highest BCUT2D eigenvalue weighted by molar-refractivity contribution is 5.76. The van der Waals surface area contributed by atoms with Crippen LogP contribution in [0.15, 0.2) is 24.3 Å². The molecule has 1 heterocycles. The van der Waals surface area contributed by atoms with E-state index >= 15 is 0 Å². The van der Waals surface area contributed by atoms with Gasteiger partial charge in [0.1, 0.15) is 24.4 Å². The first kappa shape index (κ1) is 55.7. The van der Waals surface area contributed by atoms with E-state index in [9.17, 15) is 30.3 Å². The number of hydrogen-bond acceptors (Lipinski definition) is 8. The first-order chi connectivity index (χ1) is 28.8. The maximum Gasteiger partial charge on any atom is 0.220 e. The molecule has 1 fully saturated rings. The molecule has 9 nitrogen and oxygen atoms in total. The maximum absolute atomic E-state index is 13.0. The zero-order valence-corrected chi connectivity index (χ0v) is 38.3. The van der Waals surface area contributed by atoms with Crippen LogP contribution in [0, 0.1) is 0 Å². The van der Waals surface area contributed by atoms with Gasteiger partial charge in [0.2, 0.25) is 5.91 Å². The molecule has 59 heavy (non-hydrogen) atoms. The molecule has 7 unspecified atom stereocenters. The number of rotatable bonds is 42. The average Bonchev–Trinajstić information content (AvgIpc) is 3.23. The van der Waals surface area contributed by atoms with Crippen molar-refractivity contribution in [2.75, 3.05) is 13.2 Å². The van der Waals surface area contributed by atoms with E-state index in [1.807, 2.05) is 6.08 Å². The summed E-state index contributed by atoms with van der Waals surface area (Å²) < 4.78 is 11.2. The van der Waals surface area contributed by atoms with Gasteiger partial charge < -0.3 is 40.3 Å². The molecule has 0 aromatic rings. The Labute approximate surface area is 362 Å². The van der Waals surface area contributed by atoms with Gasteiger partial charge in [-0.15, -0.1) is 0 Å². The molecule has 7 atom stereocenters. The van der Waals surface area contributed by atoms with Gasteiger partial charge in [0.15, 0.2) is 6.29 Å². The van der Waals surface area contributed by atoms with Gasteiger partial charge in [-0.05, 0) is 44.9 Å². The van der Waals surface area contributed by atoms with Gasteiger partial charge in [-0.3, -0.25) is 4.79 Å². The molecule has 0 radical (unpaired) electrons. The molecular formula is C50H95NO8. The van der Waals surface area contributed by atoms with E-state index in [2.05, 4.69) is 31.3 Å². The molecular weight excluding hydrogens is 743 g/mol. The van der Waals surface area contributed by atoms with Crippen LogP contribution in [0.5, 0.6) is 0 Å². The largest absolute Gasteiger partial charge is 0.394 e. The Morgan fingerprint density at radius 2 is 0.949 bits per heavy atom. The normalized spacial score (nSPS) is 20.8. The van der Waals surface area contributed by atoms with Crippen molar-refractivity contribution in [3.63, 3.8) is 0 Å². The molecule has 348 valence electrons. The SMILES string of the molecule is CCCCCCCCCC/C=C\CCCCCCCCCCCCCCCC(=O)NC(COC1OC(CO)C(O)C(O)C1O)C(O)/C=C/CCCCCCCCCCC. The Morgan fingerprint density at radius 3 is 1.37 bits per heavy atom. The van der Waals surface area contributed by atoms with E-state index in [1.165, 1.54) is 173 Å². The van der Waals surface area contributed by atoms with Crippen molar-refractivity contribution in [2.24, 2.45) is 0 Å². The first-order valence-electron chi connectivity index (χ1n) is 25.1. The number of aliphatic hydroxyl groups is 5. The standard InChI is InChI=1S/C50H95NO8/c1-3-5-7-9-11-13-15-16-17-18-19-20-21-22-23-24-25-26-27-28-30-32-34-36-38-40-46(54)51-43(42-58-50-49(57)48(56)47(55)45(41-52)59-50)44(53)39-37-35-33-31-29-14-12-10-8-6-4-2/h18-19,37,39,43-45,47-50,52-53,55-57H,3-17,20-36,38,40-42H2,1-2H3,(H,51,54)/b19-18-,39-37+. The Kier molecular flexibility index (Phi) is 38.4. The predicted octanol–water partition coefficient (Wildman–Crippen LogP) is 11.1. The van der Waals surface area contributed by atoms with Crippen LogP contribution < -0.4 is 5.32 Å². The molecule has 1 aliphatic rings. The molecule has 1 saturated heterocycles. The summed E-state index contributed by atoms with van der Waals surface area (Å²) in [7, 11) is 0. The van der Waals surface area contributed by atoms with Crippen molar-refractivity contribution in [2.45, 2.75) is 275 Å². The smallest absolute Gasteiger partial charge is 0.220 e. The van der Waals surface area contributed by atoms with Gasteiger partial charge in [0.05, 0.1) is 25.4 Å². The third kappa shape index (κ3) is 31.2. The monoisotopic (exact) mass is 838 g/mol. The zero-order chi connectivity index (χ0) is 43.0. The fourth-order valence-corrected chi connectivity index (χ4v) is 7.97. The van der Waals surface area contributed by atoms with Crippen LogP contribution in [0.25, 0.3) is 0 Å². The second kappa shape index (κ2) is 40.7. The number of unbranched alkanes of at least 4 members (excludes halogenated alkanes) is 30. The minimum Gasteiger partial charge on any atom is -0.394 e. The quantitative estimate of drug-likeness (QED) is 0.0263. The summed E-state index contributed by atoms with van der Waals surface area (Å²) in [4.78, 5) is 13.0. The zero-order valence-electron chi connectivity index (χ0n) is 38.3. The molecule has 0 aromatic carbocycles. The fourth-order valence-electron chi connectivity index (χ4n) is 7.97. The van der Waals surface area contributed by atoms with Crippen LogP contribution in [0.3, 0.4) is 0 Å². The number of carbonyl (C=O) groups excluding carboxylic acids is 1. The maximum atomic E-state index is 13.0. The lowest BCUT2D eigenvalue weighted by Crippen LogP contribution is -2.60. The van der Waals surface area contributed by atoms with Crippen LogP contribution in [-0.4, -0.2) is 87.5 Å². The molecule has 0 saturated carbocycles. The van der Waals surface area contributed by atoms with Crippen LogP contribution in [0.1, 0.15) is 232 Å². The van der Waals surface area contributed by atoms with Gasteiger partial charge in [-0.2, -0.15) is 0 Å². The minimum atomic E-state index is -1.56. The summed E-state index contributed by atoms with van der Waals surface area (Å²) in [6, 6.07) is -0.800. The lowest BCUT2D eigenvalue weighted by Gasteiger charge is -2.40. The van der Waals surface area contributed by atoms with Gasteiger partial charge in [0.25, 0.3) is 0 Å².